The maximum atomic E-state index is 12.9. The summed E-state index contributed by atoms with van der Waals surface area (Å²) in [6.07, 6.45) is -4.55. The zero-order valence-corrected chi connectivity index (χ0v) is 12.0. The predicted octanol–water partition coefficient (Wildman–Crippen LogP) is 4.24. The Morgan fingerprint density at radius 1 is 1.20 bits per heavy atom. The summed E-state index contributed by atoms with van der Waals surface area (Å²) in [5.41, 5.74) is 4.38. The zero-order chi connectivity index (χ0) is 14.9. The molecule has 0 unspecified atom stereocenters. The summed E-state index contributed by atoms with van der Waals surface area (Å²) >= 11 is 8.67. The quantitative estimate of drug-likeness (QED) is 0.780. The highest BCUT2D eigenvalue weighted by atomic mass is 79.9. The highest BCUT2D eigenvalue weighted by molar-refractivity contribution is 9.10. The Morgan fingerprint density at radius 2 is 1.90 bits per heavy atom. The third-order valence-electron chi connectivity index (χ3n) is 2.25. The van der Waals surface area contributed by atoms with Crippen LogP contribution in [0.25, 0.3) is 0 Å². The van der Waals surface area contributed by atoms with Gasteiger partial charge in [-0.2, -0.15) is 18.2 Å². The molecule has 106 valence electrons. The fourth-order valence-electron chi connectivity index (χ4n) is 1.47. The molecule has 20 heavy (non-hydrogen) atoms. The normalized spacial score (nSPS) is 11.4. The van der Waals surface area contributed by atoms with E-state index in [1.165, 1.54) is 18.2 Å². The Bertz CT molecular complexity index is 628. The molecule has 0 spiro atoms. The molecule has 2 rings (SSSR count). The summed E-state index contributed by atoms with van der Waals surface area (Å²) in [7, 11) is 0. The summed E-state index contributed by atoms with van der Waals surface area (Å²) < 4.78 is 39.1. The number of nitrogens with one attached hydrogen (secondary N) is 1. The molecule has 0 atom stereocenters. The van der Waals surface area contributed by atoms with Crippen molar-refractivity contribution in [2.75, 3.05) is 11.1 Å². The van der Waals surface area contributed by atoms with Crippen molar-refractivity contribution >= 4 is 45.0 Å². The van der Waals surface area contributed by atoms with Gasteiger partial charge in [0.05, 0.1) is 11.3 Å². The van der Waals surface area contributed by atoms with Crippen molar-refractivity contribution in [3.05, 3.63) is 39.5 Å². The van der Waals surface area contributed by atoms with Crippen LogP contribution in [0.3, 0.4) is 0 Å². The maximum absolute atomic E-state index is 12.9. The van der Waals surface area contributed by atoms with Crippen LogP contribution in [0.15, 0.2) is 28.9 Å². The molecule has 1 aromatic heterocycles. The Morgan fingerprint density at radius 3 is 2.50 bits per heavy atom. The van der Waals surface area contributed by atoms with Crippen molar-refractivity contribution in [3.8, 4) is 0 Å². The van der Waals surface area contributed by atoms with E-state index in [4.69, 9.17) is 17.3 Å². The first-order valence-electron chi connectivity index (χ1n) is 5.19. The molecular weight excluding hydrogens is 360 g/mol. The number of hydrogen-bond acceptors (Lipinski definition) is 4. The maximum Gasteiger partial charge on any atom is 0.418 e. The van der Waals surface area contributed by atoms with E-state index < -0.39 is 11.7 Å². The highest BCUT2D eigenvalue weighted by Crippen LogP contribution is 2.37. The number of nitrogens with zero attached hydrogens (tertiary/aromatic N) is 2. The fraction of sp³-hybridized carbons (Fsp3) is 0.0909. The SMILES string of the molecule is Nc1cc(Br)nc(Nc2ccc(Cl)cc2C(F)(F)F)n1. The lowest BCUT2D eigenvalue weighted by Crippen LogP contribution is -2.10. The molecule has 0 saturated carbocycles. The van der Waals surface area contributed by atoms with E-state index >= 15 is 0 Å². The van der Waals surface area contributed by atoms with E-state index in [9.17, 15) is 13.2 Å². The minimum Gasteiger partial charge on any atom is -0.383 e. The second-order valence-corrected chi connectivity index (χ2v) is 5.00. The van der Waals surface area contributed by atoms with Gasteiger partial charge in [-0.25, -0.2) is 4.98 Å². The average molecular weight is 368 g/mol. The van der Waals surface area contributed by atoms with Gasteiger partial charge in [0.25, 0.3) is 0 Å². The number of benzene rings is 1. The van der Waals surface area contributed by atoms with Gasteiger partial charge in [0, 0.05) is 11.1 Å². The van der Waals surface area contributed by atoms with Crippen LogP contribution in [-0.4, -0.2) is 9.97 Å². The van der Waals surface area contributed by atoms with Crippen LogP contribution < -0.4 is 11.1 Å². The molecule has 0 bridgehead atoms. The Balaban J connectivity index is 2.43. The molecule has 0 radical (unpaired) electrons. The van der Waals surface area contributed by atoms with Crippen LogP contribution in [-0.2, 0) is 6.18 Å². The van der Waals surface area contributed by atoms with Gasteiger partial charge >= 0.3 is 6.18 Å². The topological polar surface area (TPSA) is 63.8 Å². The van der Waals surface area contributed by atoms with Crippen molar-refractivity contribution in [2.24, 2.45) is 0 Å². The largest absolute Gasteiger partial charge is 0.418 e. The van der Waals surface area contributed by atoms with Gasteiger partial charge in [-0.15, -0.1) is 0 Å². The lowest BCUT2D eigenvalue weighted by molar-refractivity contribution is -0.136. The fourth-order valence-corrected chi connectivity index (χ4v) is 2.05. The first-order valence-corrected chi connectivity index (χ1v) is 6.36. The highest BCUT2D eigenvalue weighted by Gasteiger charge is 2.34. The second-order valence-electron chi connectivity index (χ2n) is 3.75. The van der Waals surface area contributed by atoms with Gasteiger partial charge < -0.3 is 11.1 Å². The molecule has 1 aromatic carbocycles. The van der Waals surface area contributed by atoms with Crippen LogP contribution in [0, 0.1) is 0 Å². The van der Waals surface area contributed by atoms with Crippen molar-refractivity contribution in [3.63, 3.8) is 0 Å². The van der Waals surface area contributed by atoms with Crippen LogP contribution in [0.1, 0.15) is 5.56 Å². The standard InChI is InChI=1S/C11H7BrClF3N4/c12-8-4-9(17)20-10(19-8)18-7-2-1-5(13)3-6(7)11(14,15)16/h1-4H,(H3,17,18,19,20). The molecule has 0 amide bonds. The predicted molar refractivity (Wildman–Crippen MR) is 73.9 cm³/mol. The van der Waals surface area contributed by atoms with E-state index in [0.717, 1.165) is 6.07 Å². The van der Waals surface area contributed by atoms with E-state index in [1.807, 2.05) is 0 Å². The van der Waals surface area contributed by atoms with Crippen LogP contribution >= 0.6 is 27.5 Å². The van der Waals surface area contributed by atoms with Gasteiger partial charge in [0.15, 0.2) is 0 Å². The van der Waals surface area contributed by atoms with Crippen molar-refractivity contribution < 1.29 is 13.2 Å². The molecule has 4 nitrogen and oxygen atoms in total. The minimum atomic E-state index is -4.55. The lowest BCUT2D eigenvalue weighted by atomic mass is 10.1. The number of anilines is 3. The molecule has 0 aliphatic heterocycles. The number of halogens is 5. The molecule has 9 heteroatoms. The Kier molecular flexibility index (Phi) is 4.05. The number of hydrogen-bond donors (Lipinski definition) is 2. The van der Waals surface area contributed by atoms with Crippen molar-refractivity contribution in [1.29, 1.82) is 0 Å². The monoisotopic (exact) mass is 366 g/mol. The Labute approximate surface area is 125 Å². The molecule has 1 heterocycles. The zero-order valence-electron chi connectivity index (χ0n) is 9.67. The lowest BCUT2D eigenvalue weighted by Gasteiger charge is -2.14. The van der Waals surface area contributed by atoms with Crippen LogP contribution in [0.4, 0.5) is 30.6 Å². The summed E-state index contributed by atoms with van der Waals surface area (Å²) in [6.45, 7) is 0. The van der Waals surface area contributed by atoms with Gasteiger partial charge in [-0.1, -0.05) is 11.6 Å². The third kappa shape index (κ3) is 3.51. The summed E-state index contributed by atoms with van der Waals surface area (Å²) in [6, 6.07) is 4.79. The van der Waals surface area contributed by atoms with E-state index in [-0.39, 0.29) is 22.5 Å². The van der Waals surface area contributed by atoms with Crippen molar-refractivity contribution in [2.45, 2.75) is 6.18 Å². The van der Waals surface area contributed by atoms with Crippen LogP contribution in [0.5, 0.6) is 0 Å². The number of nitrogen functional groups attached to an aromatic ring is 1. The van der Waals surface area contributed by atoms with E-state index in [2.05, 4.69) is 31.2 Å². The number of rotatable bonds is 2. The van der Waals surface area contributed by atoms with Gasteiger partial charge in [-0.3, -0.25) is 0 Å². The molecule has 3 N–H and O–H groups in total. The number of aromatic nitrogens is 2. The molecule has 0 saturated heterocycles. The second kappa shape index (κ2) is 5.45. The molecular formula is C11H7BrClF3N4. The van der Waals surface area contributed by atoms with E-state index in [1.54, 1.807) is 0 Å². The molecule has 0 aliphatic carbocycles. The Hall–Kier alpha value is -1.54. The van der Waals surface area contributed by atoms with Gasteiger partial charge in [0.2, 0.25) is 5.95 Å². The van der Waals surface area contributed by atoms with E-state index in [0.29, 0.717) is 4.60 Å². The van der Waals surface area contributed by atoms with Crippen LogP contribution in [0.2, 0.25) is 5.02 Å². The third-order valence-corrected chi connectivity index (χ3v) is 2.89. The molecule has 0 aliphatic rings. The van der Waals surface area contributed by atoms with Crippen molar-refractivity contribution in [1.82, 2.24) is 9.97 Å². The summed E-state index contributed by atoms with van der Waals surface area (Å²) in [5.74, 6) is 0.0709. The number of alkyl halides is 3. The first-order chi connectivity index (χ1) is 9.25. The van der Waals surface area contributed by atoms with Gasteiger partial charge in [0.1, 0.15) is 10.4 Å². The number of nitrogens with two attached hydrogens (primary N) is 1. The van der Waals surface area contributed by atoms with Gasteiger partial charge in [-0.05, 0) is 34.1 Å². The average Bonchev–Trinajstić information content (AvgIpc) is 2.28. The summed E-state index contributed by atoms with van der Waals surface area (Å²) in [5, 5.41) is 2.46. The smallest absolute Gasteiger partial charge is 0.383 e. The molecule has 0 fully saturated rings. The minimum absolute atomic E-state index is 0.0162. The first kappa shape index (κ1) is 14.9. The molecule has 2 aromatic rings. The summed E-state index contributed by atoms with van der Waals surface area (Å²) in [4.78, 5) is 7.69.